The Balaban J connectivity index is 2.07. The monoisotopic (exact) mass is 491 g/mol. The van der Waals surface area contributed by atoms with Gasteiger partial charge in [0.15, 0.2) is 23.1 Å². The Hall–Kier alpha value is -3.79. The van der Waals surface area contributed by atoms with Crippen LogP contribution in [0.4, 0.5) is 14.5 Å². The molecule has 0 heterocycles. The molecule has 1 N–H and O–H groups in total. The standard InChI is InChI=1S/C24H23F2NO6S/c1-30-20-13-15(14-21(31-2)24(20)33-4)5-6-16-7-12-19(26)23(32-3)22(16)27-34(28,29)18-10-8-17(25)9-11-18/h5-14,27H,1-4H3/b6-5-. The summed E-state index contributed by atoms with van der Waals surface area (Å²) < 4.78 is 76.9. The second kappa shape index (κ2) is 10.4. The quantitative estimate of drug-likeness (QED) is 0.426. The highest BCUT2D eigenvalue weighted by Crippen LogP contribution is 2.39. The number of halogens is 2. The van der Waals surface area contributed by atoms with Crippen LogP contribution in [0.5, 0.6) is 23.0 Å². The van der Waals surface area contributed by atoms with Crippen molar-refractivity contribution in [2.24, 2.45) is 0 Å². The Bertz CT molecular complexity index is 1280. The van der Waals surface area contributed by atoms with Gasteiger partial charge in [0.05, 0.1) is 33.3 Å². The Morgan fingerprint density at radius 2 is 1.35 bits per heavy atom. The molecule has 7 nitrogen and oxygen atoms in total. The molecule has 10 heteroatoms. The molecule has 3 aromatic rings. The van der Waals surface area contributed by atoms with Crippen LogP contribution in [-0.2, 0) is 10.0 Å². The third-order valence-electron chi connectivity index (χ3n) is 4.85. The number of nitrogens with one attached hydrogen (secondary N) is 1. The first-order valence-corrected chi connectivity index (χ1v) is 11.3. The number of anilines is 1. The summed E-state index contributed by atoms with van der Waals surface area (Å²) in [6, 6.07) is 10.2. The van der Waals surface area contributed by atoms with Crippen LogP contribution in [0.25, 0.3) is 12.2 Å². The summed E-state index contributed by atoms with van der Waals surface area (Å²) in [4.78, 5) is -0.195. The lowest BCUT2D eigenvalue weighted by Crippen LogP contribution is -2.15. The molecule has 0 saturated carbocycles. The van der Waals surface area contributed by atoms with E-state index in [4.69, 9.17) is 18.9 Å². The van der Waals surface area contributed by atoms with E-state index >= 15 is 0 Å². The zero-order valence-electron chi connectivity index (χ0n) is 18.9. The van der Waals surface area contributed by atoms with Crippen molar-refractivity contribution in [1.82, 2.24) is 0 Å². The number of rotatable bonds is 9. The van der Waals surface area contributed by atoms with E-state index in [0.717, 1.165) is 30.3 Å². The van der Waals surface area contributed by atoms with Crippen LogP contribution in [-0.4, -0.2) is 36.9 Å². The van der Waals surface area contributed by atoms with E-state index in [0.29, 0.717) is 28.4 Å². The van der Waals surface area contributed by atoms with E-state index in [1.807, 2.05) is 0 Å². The number of hydrogen-bond donors (Lipinski definition) is 1. The number of sulfonamides is 1. The fraction of sp³-hybridized carbons (Fsp3) is 0.167. The van der Waals surface area contributed by atoms with Gasteiger partial charge in [0.2, 0.25) is 5.75 Å². The molecule has 0 saturated heterocycles. The maximum atomic E-state index is 14.4. The van der Waals surface area contributed by atoms with Crippen LogP contribution < -0.4 is 23.7 Å². The van der Waals surface area contributed by atoms with Gasteiger partial charge in [-0.3, -0.25) is 4.72 Å². The third kappa shape index (κ3) is 5.23. The average Bonchev–Trinajstić information content (AvgIpc) is 2.83. The maximum Gasteiger partial charge on any atom is 0.262 e. The van der Waals surface area contributed by atoms with Crippen molar-refractivity contribution < 1.29 is 36.1 Å². The zero-order chi connectivity index (χ0) is 24.9. The fourth-order valence-corrected chi connectivity index (χ4v) is 4.30. The molecule has 3 aromatic carbocycles. The molecule has 0 bridgehead atoms. The second-order valence-electron chi connectivity index (χ2n) is 6.90. The van der Waals surface area contributed by atoms with Crippen LogP contribution in [0.15, 0.2) is 53.4 Å². The van der Waals surface area contributed by atoms with Crippen molar-refractivity contribution >= 4 is 27.9 Å². The molecule has 180 valence electrons. The predicted octanol–water partition coefficient (Wildman–Crippen LogP) is 4.97. The molecule has 0 radical (unpaired) electrons. The minimum absolute atomic E-state index is 0.115. The molecule has 34 heavy (non-hydrogen) atoms. The van der Waals surface area contributed by atoms with E-state index in [-0.39, 0.29) is 16.3 Å². The highest BCUT2D eigenvalue weighted by molar-refractivity contribution is 7.92. The molecule has 0 amide bonds. The molecule has 0 aliphatic carbocycles. The van der Waals surface area contributed by atoms with E-state index in [1.165, 1.54) is 34.5 Å². The van der Waals surface area contributed by atoms with Gasteiger partial charge in [-0.25, -0.2) is 17.2 Å². The molecule has 0 aliphatic rings. The van der Waals surface area contributed by atoms with E-state index < -0.39 is 21.7 Å². The van der Waals surface area contributed by atoms with Gasteiger partial charge in [0, 0.05) is 5.56 Å². The summed E-state index contributed by atoms with van der Waals surface area (Å²) in [5.41, 5.74) is 0.846. The highest BCUT2D eigenvalue weighted by atomic mass is 32.2. The van der Waals surface area contributed by atoms with Gasteiger partial charge < -0.3 is 18.9 Å². The van der Waals surface area contributed by atoms with Crippen LogP contribution in [0.1, 0.15) is 11.1 Å². The Morgan fingerprint density at radius 3 is 1.88 bits per heavy atom. The first-order chi connectivity index (χ1) is 16.2. The molecule has 0 aliphatic heterocycles. The summed E-state index contributed by atoms with van der Waals surface area (Å²) in [5, 5.41) is 0. The van der Waals surface area contributed by atoms with Gasteiger partial charge in [-0.2, -0.15) is 0 Å². The van der Waals surface area contributed by atoms with Gasteiger partial charge >= 0.3 is 0 Å². The summed E-state index contributed by atoms with van der Waals surface area (Å²) in [6.07, 6.45) is 3.23. The molecular formula is C24H23F2NO6S. The highest BCUT2D eigenvalue weighted by Gasteiger charge is 2.21. The van der Waals surface area contributed by atoms with Gasteiger partial charge in [0.25, 0.3) is 10.0 Å². The lowest BCUT2D eigenvalue weighted by Gasteiger charge is -2.15. The normalized spacial score (nSPS) is 11.4. The SMILES string of the molecule is COc1cc(/C=C\c2ccc(F)c(OC)c2NS(=O)(=O)c2ccc(F)cc2)cc(OC)c1OC. The summed E-state index contributed by atoms with van der Waals surface area (Å²) in [6.45, 7) is 0. The first-order valence-electron chi connectivity index (χ1n) is 9.87. The van der Waals surface area contributed by atoms with Crippen LogP contribution >= 0.6 is 0 Å². The number of benzene rings is 3. The van der Waals surface area contributed by atoms with Crippen molar-refractivity contribution in [3.8, 4) is 23.0 Å². The van der Waals surface area contributed by atoms with Crippen molar-refractivity contribution in [2.45, 2.75) is 4.90 Å². The molecule has 0 unspecified atom stereocenters. The van der Waals surface area contributed by atoms with E-state index in [2.05, 4.69) is 4.72 Å². The topological polar surface area (TPSA) is 83.1 Å². The Kier molecular flexibility index (Phi) is 7.62. The Labute approximate surface area is 196 Å². The Morgan fingerprint density at radius 1 is 0.765 bits per heavy atom. The number of ether oxygens (including phenoxy) is 4. The molecule has 0 aromatic heterocycles. The predicted molar refractivity (Wildman–Crippen MR) is 125 cm³/mol. The second-order valence-corrected chi connectivity index (χ2v) is 8.58. The van der Waals surface area contributed by atoms with Crippen molar-refractivity contribution in [2.75, 3.05) is 33.2 Å². The average molecular weight is 492 g/mol. The van der Waals surface area contributed by atoms with Crippen molar-refractivity contribution in [1.29, 1.82) is 0 Å². The summed E-state index contributed by atoms with van der Waals surface area (Å²) >= 11 is 0. The summed E-state index contributed by atoms with van der Waals surface area (Å²) in [7, 11) is 1.51. The zero-order valence-corrected chi connectivity index (χ0v) is 19.7. The van der Waals surface area contributed by atoms with Gasteiger partial charge in [-0.15, -0.1) is 0 Å². The van der Waals surface area contributed by atoms with Gasteiger partial charge in [0.1, 0.15) is 11.5 Å². The number of methoxy groups -OCH3 is 4. The first kappa shape index (κ1) is 24.8. The molecule has 0 fully saturated rings. The van der Waals surface area contributed by atoms with Gasteiger partial charge in [-0.1, -0.05) is 12.2 Å². The van der Waals surface area contributed by atoms with Gasteiger partial charge in [-0.05, 0) is 54.1 Å². The molecule has 0 spiro atoms. The number of hydrogen-bond acceptors (Lipinski definition) is 6. The molecule has 0 atom stereocenters. The van der Waals surface area contributed by atoms with Crippen LogP contribution in [0.2, 0.25) is 0 Å². The maximum absolute atomic E-state index is 14.4. The van der Waals surface area contributed by atoms with Crippen molar-refractivity contribution in [3.05, 3.63) is 71.3 Å². The molecule has 3 rings (SSSR count). The summed E-state index contributed by atoms with van der Waals surface area (Å²) in [5.74, 6) is -0.373. The lowest BCUT2D eigenvalue weighted by molar-refractivity contribution is 0.324. The minimum atomic E-state index is -4.17. The third-order valence-corrected chi connectivity index (χ3v) is 6.21. The fourth-order valence-electron chi connectivity index (χ4n) is 3.21. The minimum Gasteiger partial charge on any atom is -0.493 e. The largest absolute Gasteiger partial charge is 0.493 e. The lowest BCUT2D eigenvalue weighted by atomic mass is 10.1. The van der Waals surface area contributed by atoms with E-state index in [9.17, 15) is 17.2 Å². The van der Waals surface area contributed by atoms with E-state index in [1.54, 1.807) is 24.3 Å². The van der Waals surface area contributed by atoms with Crippen LogP contribution in [0.3, 0.4) is 0 Å². The smallest absolute Gasteiger partial charge is 0.262 e. The van der Waals surface area contributed by atoms with Crippen molar-refractivity contribution in [3.63, 3.8) is 0 Å². The van der Waals surface area contributed by atoms with Crippen LogP contribution in [0, 0.1) is 11.6 Å². The molecular weight excluding hydrogens is 468 g/mol.